The first-order chi connectivity index (χ1) is 10.2. The van der Waals surface area contributed by atoms with Gasteiger partial charge in [0.15, 0.2) is 11.5 Å². The molecule has 0 saturated heterocycles. The number of pyridine rings is 1. The summed E-state index contributed by atoms with van der Waals surface area (Å²) in [6.07, 6.45) is 1.52. The van der Waals surface area contributed by atoms with E-state index in [-0.39, 0.29) is 0 Å². The number of nitrogens with zero attached hydrogens (tertiary/aromatic N) is 2. The largest absolute Gasteiger partial charge is 0.453 e. The summed E-state index contributed by atoms with van der Waals surface area (Å²) in [5.41, 5.74) is 8.68. The molecule has 21 heavy (non-hydrogen) atoms. The molecule has 0 fully saturated rings. The molecule has 3 aromatic rings. The Morgan fingerprint density at radius 2 is 2.00 bits per heavy atom. The highest BCUT2D eigenvalue weighted by molar-refractivity contribution is 5.87. The molecule has 1 aromatic heterocycles. The molecule has 1 heterocycles. The molecule has 0 spiro atoms. The molecule has 102 valence electrons. The van der Waals surface area contributed by atoms with Crippen LogP contribution in [0.4, 0.5) is 5.69 Å². The van der Waals surface area contributed by atoms with Gasteiger partial charge < -0.3 is 10.5 Å². The molecule has 0 aliphatic heterocycles. The topological polar surface area (TPSA) is 71.9 Å². The Morgan fingerprint density at radius 1 is 1.19 bits per heavy atom. The summed E-state index contributed by atoms with van der Waals surface area (Å²) < 4.78 is 5.94. The number of benzene rings is 2. The molecule has 0 aliphatic carbocycles. The minimum atomic E-state index is 0.384. The van der Waals surface area contributed by atoms with Gasteiger partial charge in [-0.05, 0) is 36.8 Å². The van der Waals surface area contributed by atoms with Crippen LogP contribution in [-0.2, 0) is 0 Å². The van der Waals surface area contributed by atoms with Crippen molar-refractivity contribution in [1.82, 2.24) is 4.98 Å². The molecule has 3 rings (SSSR count). The lowest BCUT2D eigenvalue weighted by molar-refractivity contribution is 0.488. The predicted molar refractivity (Wildman–Crippen MR) is 82.1 cm³/mol. The number of nitriles is 1. The average molecular weight is 275 g/mol. The van der Waals surface area contributed by atoms with Crippen molar-refractivity contribution in [2.75, 3.05) is 5.73 Å². The minimum absolute atomic E-state index is 0.384. The molecule has 0 aliphatic rings. The smallest absolute Gasteiger partial charge is 0.156 e. The third kappa shape index (κ3) is 2.37. The summed E-state index contributed by atoms with van der Waals surface area (Å²) in [4.78, 5) is 4.26. The number of ether oxygens (including phenoxy) is 1. The first kappa shape index (κ1) is 12.9. The first-order valence-corrected chi connectivity index (χ1v) is 6.51. The number of rotatable bonds is 2. The van der Waals surface area contributed by atoms with Crippen LogP contribution in [0.15, 0.2) is 48.7 Å². The van der Waals surface area contributed by atoms with Crippen LogP contribution in [0, 0.1) is 18.3 Å². The van der Waals surface area contributed by atoms with E-state index in [0.29, 0.717) is 22.7 Å². The van der Waals surface area contributed by atoms with Crippen molar-refractivity contribution in [1.29, 1.82) is 5.26 Å². The Morgan fingerprint density at radius 3 is 2.81 bits per heavy atom. The molecule has 0 unspecified atom stereocenters. The number of para-hydroxylation sites is 1. The van der Waals surface area contributed by atoms with Gasteiger partial charge in [-0.3, -0.25) is 4.98 Å². The standard InChI is InChI=1S/C17H13N3O/c1-11-6-7-14(19)16(8-11)21-17-12(9-18)10-20-15-5-3-2-4-13(15)17/h2-8,10H,19H2,1H3. The van der Waals surface area contributed by atoms with E-state index in [2.05, 4.69) is 11.1 Å². The van der Waals surface area contributed by atoms with Gasteiger partial charge in [-0.2, -0.15) is 5.26 Å². The van der Waals surface area contributed by atoms with Crippen molar-refractivity contribution in [3.8, 4) is 17.6 Å². The SMILES string of the molecule is Cc1ccc(N)c(Oc2c(C#N)cnc3ccccc23)c1. The second kappa shape index (κ2) is 5.14. The highest BCUT2D eigenvalue weighted by Gasteiger charge is 2.12. The second-order valence-corrected chi connectivity index (χ2v) is 4.77. The van der Waals surface area contributed by atoms with Crippen LogP contribution >= 0.6 is 0 Å². The quantitative estimate of drug-likeness (QED) is 0.722. The van der Waals surface area contributed by atoms with Gasteiger partial charge >= 0.3 is 0 Å². The van der Waals surface area contributed by atoms with Crippen LogP contribution in [-0.4, -0.2) is 4.98 Å². The Kier molecular flexibility index (Phi) is 3.17. The highest BCUT2D eigenvalue weighted by Crippen LogP contribution is 2.35. The normalized spacial score (nSPS) is 10.3. The number of fused-ring (bicyclic) bond motifs is 1. The van der Waals surface area contributed by atoms with Crippen molar-refractivity contribution in [3.05, 3.63) is 59.8 Å². The van der Waals surface area contributed by atoms with Crippen LogP contribution in [0.25, 0.3) is 10.9 Å². The van der Waals surface area contributed by atoms with Crippen molar-refractivity contribution in [2.24, 2.45) is 0 Å². The predicted octanol–water partition coefficient (Wildman–Crippen LogP) is 3.79. The molecule has 0 radical (unpaired) electrons. The van der Waals surface area contributed by atoms with E-state index in [1.165, 1.54) is 6.20 Å². The number of anilines is 1. The molecular formula is C17H13N3O. The van der Waals surface area contributed by atoms with E-state index >= 15 is 0 Å². The summed E-state index contributed by atoms with van der Waals surface area (Å²) in [7, 11) is 0. The zero-order valence-electron chi connectivity index (χ0n) is 11.5. The first-order valence-electron chi connectivity index (χ1n) is 6.51. The second-order valence-electron chi connectivity index (χ2n) is 4.77. The van der Waals surface area contributed by atoms with Crippen molar-refractivity contribution >= 4 is 16.6 Å². The number of aromatic nitrogens is 1. The molecule has 0 bridgehead atoms. The lowest BCUT2D eigenvalue weighted by atomic mass is 10.1. The maximum absolute atomic E-state index is 9.28. The zero-order valence-corrected chi connectivity index (χ0v) is 11.5. The molecule has 4 heteroatoms. The monoisotopic (exact) mass is 275 g/mol. The van der Waals surface area contributed by atoms with Crippen LogP contribution in [0.3, 0.4) is 0 Å². The van der Waals surface area contributed by atoms with Crippen molar-refractivity contribution in [3.63, 3.8) is 0 Å². The van der Waals surface area contributed by atoms with E-state index < -0.39 is 0 Å². The van der Waals surface area contributed by atoms with Gasteiger partial charge in [0.2, 0.25) is 0 Å². The lowest BCUT2D eigenvalue weighted by Crippen LogP contribution is -1.96. The highest BCUT2D eigenvalue weighted by atomic mass is 16.5. The van der Waals surface area contributed by atoms with Crippen LogP contribution in [0.5, 0.6) is 11.5 Å². The fourth-order valence-corrected chi connectivity index (χ4v) is 2.15. The number of nitrogen functional groups attached to an aromatic ring is 1. The maximum atomic E-state index is 9.28. The van der Waals surface area contributed by atoms with Gasteiger partial charge in [0.05, 0.1) is 11.2 Å². The van der Waals surface area contributed by atoms with Crippen LogP contribution < -0.4 is 10.5 Å². The lowest BCUT2D eigenvalue weighted by Gasteiger charge is -2.12. The van der Waals surface area contributed by atoms with Gasteiger partial charge in [-0.25, -0.2) is 0 Å². The Hall–Kier alpha value is -3.06. The van der Waals surface area contributed by atoms with Gasteiger partial charge in [0, 0.05) is 11.6 Å². The van der Waals surface area contributed by atoms with E-state index in [1.807, 2.05) is 43.3 Å². The third-order valence-corrected chi connectivity index (χ3v) is 3.23. The molecule has 0 atom stereocenters. The zero-order chi connectivity index (χ0) is 14.8. The summed E-state index contributed by atoms with van der Waals surface area (Å²) in [6, 6.07) is 15.2. The third-order valence-electron chi connectivity index (χ3n) is 3.23. The summed E-state index contributed by atoms with van der Waals surface area (Å²) in [5.74, 6) is 1.03. The summed E-state index contributed by atoms with van der Waals surface area (Å²) >= 11 is 0. The molecular weight excluding hydrogens is 262 g/mol. The number of aryl methyl sites for hydroxylation is 1. The van der Waals surface area contributed by atoms with E-state index in [9.17, 15) is 5.26 Å². The molecule has 0 amide bonds. The number of hydrogen-bond acceptors (Lipinski definition) is 4. The average Bonchev–Trinajstić information content (AvgIpc) is 2.51. The van der Waals surface area contributed by atoms with Crippen LogP contribution in [0.2, 0.25) is 0 Å². The Bertz CT molecular complexity index is 866. The Labute approximate surface area is 122 Å². The van der Waals surface area contributed by atoms with Gasteiger partial charge in [-0.15, -0.1) is 0 Å². The van der Waals surface area contributed by atoms with E-state index in [4.69, 9.17) is 10.5 Å². The van der Waals surface area contributed by atoms with Crippen LogP contribution in [0.1, 0.15) is 11.1 Å². The van der Waals surface area contributed by atoms with E-state index in [0.717, 1.165) is 16.5 Å². The maximum Gasteiger partial charge on any atom is 0.156 e. The fraction of sp³-hybridized carbons (Fsp3) is 0.0588. The van der Waals surface area contributed by atoms with E-state index in [1.54, 1.807) is 6.07 Å². The molecule has 2 aromatic carbocycles. The molecule has 2 N–H and O–H groups in total. The molecule has 0 saturated carbocycles. The van der Waals surface area contributed by atoms with Crippen molar-refractivity contribution in [2.45, 2.75) is 6.92 Å². The molecule has 4 nitrogen and oxygen atoms in total. The summed E-state index contributed by atoms with van der Waals surface area (Å²) in [6.45, 7) is 1.96. The minimum Gasteiger partial charge on any atom is -0.453 e. The van der Waals surface area contributed by atoms with Gasteiger partial charge in [0.25, 0.3) is 0 Å². The fourth-order valence-electron chi connectivity index (χ4n) is 2.15. The number of nitrogens with two attached hydrogens (primary N) is 1. The van der Waals surface area contributed by atoms with Gasteiger partial charge in [0.1, 0.15) is 11.6 Å². The van der Waals surface area contributed by atoms with Crippen molar-refractivity contribution < 1.29 is 4.74 Å². The van der Waals surface area contributed by atoms with Gasteiger partial charge in [-0.1, -0.05) is 18.2 Å². The summed E-state index contributed by atoms with van der Waals surface area (Å²) in [5, 5.41) is 10.1. The Balaban J connectivity index is 2.19. The number of hydrogen-bond donors (Lipinski definition) is 1.